The van der Waals surface area contributed by atoms with E-state index in [4.69, 9.17) is 4.84 Å². The van der Waals surface area contributed by atoms with Crippen LogP contribution in [-0.2, 0) is 0 Å². The van der Waals surface area contributed by atoms with Gasteiger partial charge in [0, 0.05) is 18.0 Å². The number of benzene rings is 1. The second kappa shape index (κ2) is 5.42. The summed E-state index contributed by atoms with van der Waals surface area (Å²) in [5.41, 5.74) is 0. The van der Waals surface area contributed by atoms with Gasteiger partial charge in [-0.1, -0.05) is 6.42 Å². The maximum absolute atomic E-state index is 5.78. The fourth-order valence-corrected chi connectivity index (χ4v) is 2.15. The molecule has 0 amide bonds. The van der Waals surface area contributed by atoms with Crippen LogP contribution in [0.15, 0.2) is 29.2 Å². The van der Waals surface area contributed by atoms with Gasteiger partial charge >= 0.3 is 0 Å². The molecule has 1 heterocycles. The summed E-state index contributed by atoms with van der Waals surface area (Å²) < 4.78 is 0. The first-order valence-corrected chi connectivity index (χ1v) is 6.68. The minimum atomic E-state index is 0.953. The van der Waals surface area contributed by atoms with Gasteiger partial charge in [0.2, 0.25) is 0 Å². The normalized spacial score (nSPS) is 17.7. The monoisotopic (exact) mass is 223 g/mol. The lowest BCUT2D eigenvalue weighted by Crippen LogP contribution is -2.32. The van der Waals surface area contributed by atoms with Crippen LogP contribution in [0.2, 0.25) is 0 Å². The third kappa shape index (κ3) is 3.14. The highest BCUT2D eigenvalue weighted by atomic mass is 32.2. The van der Waals surface area contributed by atoms with E-state index in [-0.39, 0.29) is 0 Å². The standard InChI is InChI=1S/C12H17NOS/c1-15-12-7-5-11(6-8-12)14-13-9-3-2-4-10-13/h5-8H,2-4,9-10H2,1H3. The first kappa shape index (κ1) is 10.8. The Morgan fingerprint density at radius 3 is 2.33 bits per heavy atom. The quantitative estimate of drug-likeness (QED) is 0.730. The maximum atomic E-state index is 5.78. The minimum Gasteiger partial charge on any atom is -0.406 e. The summed E-state index contributed by atoms with van der Waals surface area (Å²) >= 11 is 1.75. The summed E-state index contributed by atoms with van der Waals surface area (Å²) in [7, 11) is 0. The van der Waals surface area contributed by atoms with Crippen LogP contribution in [0.1, 0.15) is 19.3 Å². The Morgan fingerprint density at radius 2 is 1.73 bits per heavy atom. The molecule has 0 N–H and O–H groups in total. The van der Waals surface area contributed by atoms with E-state index >= 15 is 0 Å². The topological polar surface area (TPSA) is 12.5 Å². The molecule has 0 aromatic heterocycles. The molecule has 0 radical (unpaired) electrons. The zero-order valence-electron chi connectivity index (χ0n) is 9.11. The van der Waals surface area contributed by atoms with Gasteiger partial charge in [-0.05, 0) is 43.4 Å². The van der Waals surface area contributed by atoms with Gasteiger partial charge in [0.25, 0.3) is 0 Å². The van der Waals surface area contributed by atoms with Gasteiger partial charge in [-0.25, -0.2) is 0 Å². The molecule has 0 spiro atoms. The number of hydrogen-bond donors (Lipinski definition) is 0. The van der Waals surface area contributed by atoms with Gasteiger partial charge in [-0.3, -0.25) is 0 Å². The molecule has 1 aromatic carbocycles. The van der Waals surface area contributed by atoms with Gasteiger partial charge in [0.05, 0.1) is 0 Å². The molecule has 1 fully saturated rings. The average molecular weight is 223 g/mol. The molecule has 1 aliphatic heterocycles. The molecule has 15 heavy (non-hydrogen) atoms. The van der Waals surface area contributed by atoms with E-state index < -0.39 is 0 Å². The van der Waals surface area contributed by atoms with Crippen LogP contribution in [0, 0.1) is 0 Å². The number of nitrogens with zero attached hydrogens (tertiary/aromatic N) is 1. The lowest BCUT2D eigenvalue weighted by atomic mass is 10.2. The van der Waals surface area contributed by atoms with E-state index in [9.17, 15) is 0 Å². The van der Waals surface area contributed by atoms with Crippen molar-refractivity contribution in [3.05, 3.63) is 24.3 Å². The second-order valence-corrected chi connectivity index (χ2v) is 4.64. The van der Waals surface area contributed by atoms with Crippen molar-refractivity contribution in [1.82, 2.24) is 5.06 Å². The third-order valence-corrected chi connectivity index (χ3v) is 3.35. The average Bonchev–Trinajstić information content (AvgIpc) is 2.31. The fourth-order valence-electron chi connectivity index (χ4n) is 1.74. The molecule has 0 saturated carbocycles. The molecule has 1 aliphatic rings. The highest BCUT2D eigenvalue weighted by Gasteiger charge is 2.11. The summed E-state index contributed by atoms with van der Waals surface area (Å²) in [6.07, 6.45) is 5.93. The summed E-state index contributed by atoms with van der Waals surface area (Å²) in [5.74, 6) is 0.953. The van der Waals surface area contributed by atoms with E-state index in [0.717, 1.165) is 18.8 Å². The predicted molar refractivity (Wildman–Crippen MR) is 64.3 cm³/mol. The van der Waals surface area contributed by atoms with Crippen molar-refractivity contribution >= 4 is 11.8 Å². The van der Waals surface area contributed by atoms with Crippen LogP contribution >= 0.6 is 11.8 Å². The number of hydroxylamine groups is 2. The third-order valence-electron chi connectivity index (χ3n) is 2.61. The summed E-state index contributed by atoms with van der Waals surface area (Å²) in [4.78, 5) is 7.06. The first-order chi connectivity index (χ1) is 7.38. The maximum Gasteiger partial charge on any atom is 0.147 e. The van der Waals surface area contributed by atoms with Crippen LogP contribution in [0.5, 0.6) is 5.75 Å². The molecular formula is C12H17NOS. The molecule has 1 aromatic rings. The number of thioether (sulfide) groups is 1. The summed E-state index contributed by atoms with van der Waals surface area (Å²) in [5, 5.41) is 2.07. The molecule has 3 heteroatoms. The Hall–Kier alpha value is -0.670. The Kier molecular flexibility index (Phi) is 3.92. The molecule has 82 valence electrons. The van der Waals surface area contributed by atoms with Gasteiger partial charge in [-0.2, -0.15) is 0 Å². The van der Waals surface area contributed by atoms with Gasteiger partial charge in [0.1, 0.15) is 5.75 Å². The highest BCUT2D eigenvalue weighted by molar-refractivity contribution is 7.98. The van der Waals surface area contributed by atoms with Crippen molar-refractivity contribution < 1.29 is 4.84 Å². The molecular weight excluding hydrogens is 206 g/mol. The molecule has 0 unspecified atom stereocenters. The second-order valence-electron chi connectivity index (χ2n) is 3.76. The van der Waals surface area contributed by atoms with E-state index in [0.29, 0.717) is 0 Å². The number of hydrogen-bond acceptors (Lipinski definition) is 3. The molecule has 2 rings (SSSR count). The van der Waals surface area contributed by atoms with E-state index in [1.807, 2.05) is 12.1 Å². The van der Waals surface area contributed by atoms with Crippen molar-refractivity contribution in [2.24, 2.45) is 0 Å². The van der Waals surface area contributed by atoms with E-state index in [2.05, 4.69) is 23.5 Å². The van der Waals surface area contributed by atoms with Crippen molar-refractivity contribution in [2.75, 3.05) is 19.3 Å². The van der Waals surface area contributed by atoms with Crippen molar-refractivity contribution in [3.63, 3.8) is 0 Å². The molecule has 0 bridgehead atoms. The summed E-state index contributed by atoms with van der Waals surface area (Å²) in [6, 6.07) is 8.29. The van der Waals surface area contributed by atoms with Crippen LogP contribution in [0.25, 0.3) is 0 Å². The zero-order valence-corrected chi connectivity index (χ0v) is 9.93. The fraction of sp³-hybridized carbons (Fsp3) is 0.500. The number of rotatable bonds is 3. The number of piperidine rings is 1. The van der Waals surface area contributed by atoms with E-state index in [1.54, 1.807) is 11.8 Å². The molecule has 1 saturated heterocycles. The molecule has 0 atom stereocenters. The van der Waals surface area contributed by atoms with Crippen LogP contribution in [0.4, 0.5) is 0 Å². The Labute approximate surface area is 95.6 Å². The van der Waals surface area contributed by atoms with Crippen LogP contribution < -0.4 is 4.84 Å². The smallest absolute Gasteiger partial charge is 0.147 e. The Morgan fingerprint density at radius 1 is 1.07 bits per heavy atom. The largest absolute Gasteiger partial charge is 0.406 e. The van der Waals surface area contributed by atoms with Gasteiger partial charge in [0.15, 0.2) is 0 Å². The molecule has 2 nitrogen and oxygen atoms in total. The summed E-state index contributed by atoms with van der Waals surface area (Å²) in [6.45, 7) is 2.12. The Balaban J connectivity index is 1.91. The van der Waals surface area contributed by atoms with Gasteiger partial charge < -0.3 is 4.84 Å². The van der Waals surface area contributed by atoms with E-state index in [1.165, 1.54) is 24.2 Å². The van der Waals surface area contributed by atoms with Gasteiger partial charge in [-0.15, -0.1) is 16.8 Å². The Bertz CT molecular complexity index is 293. The minimum absolute atomic E-state index is 0.953. The lowest BCUT2D eigenvalue weighted by molar-refractivity contribution is -0.0720. The van der Waals surface area contributed by atoms with Crippen molar-refractivity contribution in [1.29, 1.82) is 0 Å². The lowest BCUT2D eigenvalue weighted by Gasteiger charge is -2.25. The molecule has 0 aliphatic carbocycles. The highest BCUT2D eigenvalue weighted by Crippen LogP contribution is 2.20. The van der Waals surface area contributed by atoms with Crippen LogP contribution in [-0.4, -0.2) is 24.4 Å². The first-order valence-electron chi connectivity index (χ1n) is 5.45. The zero-order chi connectivity index (χ0) is 10.5. The predicted octanol–water partition coefficient (Wildman–Crippen LogP) is 3.19. The SMILES string of the molecule is CSc1ccc(ON2CCCCC2)cc1. The van der Waals surface area contributed by atoms with Crippen molar-refractivity contribution in [3.8, 4) is 5.75 Å². The van der Waals surface area contributed by atoms with Crippen LogP contribution in [0.3, 0.4) is 0 Å². The van der Waals surface area contributed by atoms with Crippen molar-refractivity contribution in [2.45, 2.75) is 24.2 Å².